The first-order chi connectivity index (χ1) is 9.10. The number of anilines is 1. The number of carbonyl (C=O) groups excluding carboxylic acids is 1. The van der Waals surface area contributed by atoms with E-state index in [-0.39, 0.29) is 5.69 Å². The van der Waals surface area contributed by atoms with Gasteiger partial charge in [-0.3, -0.25) is 9.48 Å². The lowest BCUT2D eigenvalue weighted by Gasteiger charge is -2.03. The summed E-state index contributed by atoms with van der Waals surface area (Å²) in [6.45, 7) is 0.629. The Kier molecular flexibility index (Phi) is 3.70. The van der Waals surface area contributed by atoms with Crippen LogP contribution in [0, 0.1) is 0 Å². The van der Waals surface area contributed by atoms with Crippen molar-refractivity contribution in [1.29, 1.82) is 0 Å². The van der Waals surface area contributed by atoms with Crippen molar-refractivity contribution in [2.24, 2.45) is 5.73 Å². The zero-order valence-corrected chi connectivity index (χ0v) is 10.7. The summed E-state index contributed by atoms with van der Waals surface area (Å²) in [5.74, 6) is 0.212. The number of amides is 1. The first-order valence-corrected chi connectivity index (χ1v) is 5.86. The van der Waals surface area contributed by atoms with Crippen LogP contribution >= 0.6 is 0 Å². The molecule has 0 atom stereocenters. The van der Waals surface area contributed by atoms with Crippen molar-refractivity contribution in [3.05, 3.63) is 41.7 Å². The van der Waals surface area contributed by atoms with E-state index in [2.05, 4.69) is 5.10 Å². The molecule has 1 aromatic heterocycles. The summed E-state index contributed by atoms with van der Waals surface area (Å²) in [7, 11) is 1.63. The standard InChI is InChI=1S/C13H16N4O2/c1-19-10-4-2-9(3-5-10)6-7-17-8-11(14)12(16-17)13(15)18/h2-5,8H,6-7,14H2,1H3,(H2,15,18). The molecule has 0 bridgehead atoms. The SMILES string of the molecule is COc1ccc(CCn2cc(N)c(C(N)=O)n2)cc1. The molecule has 0 saturated carbocycles. The second-order valence-electron chi connectivity index (χ2n) is 4.16. The number of methoxy groups -OCH3 is 1. The van der Waals surface area contributed by atoms with Gasteiger partial charge >= 0.3 is 0 Å². The highest BCUT2D eigenvalue weighted by molar-refractivity contribution is 5.95. The van der Waals surface area contributed by atoms with Gasteiger partial charge in [0.05, 0.1) is 12.8 Å². The number of primary amides is 1. The number of aromatic nitrogens is 2. The number of carbonyl (C=O) groups is 1. The third kappa shape index (κ3) is 3.04. The molecule has 2 rings (SSSR count). The molecule has 6 heteroatoms. The van der Waals surface area contributed by atoms with Crippen LogP contribution in [-0.2, 0) is 13.0 Å². The lowest BCUT2D eigenvalue weighted by Crippen LogP contribution is -2.14. The topological polar surface area (TPSA) is 96.2 Å². The molecule has 0 unspecified atom stereocenters. The van der Waals surface area contributed by atoms with Gasteiger partial charge in [-0.05, 0) is 24.1 Å². The molecule has 1 heterocycles. The van der Waals surface area contributed by atoms with Crippen molar-refractivity contribution in [2.75, 3.05) is 12.8 Å². The maximum absolute atomic E-state index is 11.0. The lowest BCUT2D eigenvalue weighted by molar-refractivity contribution is 0.0995. The van der Waals surface area contributed by atoms with E-state index in [1.165, 1.54) is 0 Å². The monoisotopic (exact) mass is 260 g/mol. The van der Waals surface area contributed by atoms with Crippen LogP contribution in [0.25, 0.3) is 0 Å². The molecule has 2 aromatic rings. The molecule has 4 N–H and O–H groups in total. The minimum absolute atomic E-state index is 0.120. The Balaban J connectivity index is 2.01. The zero-order chi connectivity index (χ0) is 13.8. The number of nitrogens with zero attached hydrogens (tertiary/aromatic N) is 2. The first-order valence-electron chi connectivity index (χ1n) is 5.86. The second-order valence-corrected chi connectivity index (χ2v) is 4.16. The van der Waals surface area contributed by atoms with Gasteiger partial charge in [0, 0.05) is 12.7 Å². The van der Waals surface area contributed by atoms with Gasteiger partial charge in [0.15, 0.2) is 5.69 Å². The molecule has 0 aliphatic rings. The van der Waals surface area contributed by atoms with E-state index < -0.39 is 5.91 Å². The molecule has 1 aromatic carbocycles. The van der Waals surface area contributed by atoms with E-state index in [1.54, 1.807) is 18.0 Å². The fourth-order valence-electron chi connectivity index (χ4n) is 1.78. The molecule has 0 aliphatic carbocycles. The maximum Gasteiger partial charge on any atom is 0.271 e. The summed E-state index contributed by atoms with van der Waals surface area (Å²) < 4.78 is 6.72. The number of hydrogen-bond acceptors (Lipinski definition) is 4. The molecular formula is C13H16N4O2. The fraction of sp³-hybridized carbons (Fsp3) is 0.231. The van der Waals surface area contributed by atoms with Crippen molar-refractivity contribution in [3.63, 3.8) is 0 Å². The highest BCUT2D eigenvalue weighted by Gasteiger charge is 2.10. The number of rotatable bonds is 5. The Hall–Kier alpha value is -2.50. The van der Waals surface area contributed by atoms with Gasteiger partial charge in [-0.2, -0.15) is 5.10 Å². The summed E-state index contributed by atoms with van der Waals surface area (Å²) in [4.78, 5) is 11.0. The van der Waals surface area contributed by atoms with E-state index in [1.807, 2.05) is 24.3 Å². The number of hydrogen-bond donors (Lipinski definition) is 2. The molecule has 1 amide bonds. The molecule has 0 spiro atoms. The summed E-state index contributed by atoms with van der Waals surface area (Å²) in [6.07, 6.45) is 2.40. The van der Waals surface area contributed by atoms with Crippen LogP contribution in [0.4, 0.5) is 5.69 Å². The minimum Gasteiger partial charge on any atom is -0.497 e. The fourth-order valence-corrected chi connectivity index (χ4v) is 1.78. The Morgan fingerprint density at radius 1 is 1.37 bits per heavy atom. The van der Waals surface area contributed by atoms with Crippen LogP contribution in [-0.4, -0.2) is 22.8 Å². The summed E-state index contributed by atoms with van der Waals surface area (Å²) >= 11 is 0. The molecule has 6 nitrogen and oxygen atoms in total. The van der Waals surface area contributed by atoms with Crippen molar-refractivity contribution >= 4 is 11.6 Å². The van der Waals surface area contributed by atoms with Crippen LogP contribution in [0.15, 0.2) is 30.5 Å². The van der Waals surface area contributed by atoms with Gasteiger partial charge in [-0.25, -0.2) is 0 Å². The van der Waals surface area contributed by atoms with E-state index in [0.29, 0.717) is 12.2 Å². The van der Waals surface area contributed by atoms with Crippen LogP contribution in [0.3, 0.4) is 0 Å². The Morgan fingerprint density at radius 3 is 2.58 bits per heavy atom. The third-order valence-electron chi connectivity index (χ3n) is 2.81. The van der Waals surface area contributed by atoms with Crippen molar-refractivity contribution in [3.8, 4) is 5.75 Å². The zero-order valence-electron chi connectivity index (χ0n) is 10.7. The van der Waals surface area contributed by atoms with E-state index in [4.69, 9.17) is 16.2 Å². The predicted molar refractivity (Wildman–Crippen MR) is 71.9 cm³/mol. The van der Waals surface area contributed by atoms with Gasteiger partial charge in [0.1, 0.15) is 5.75 Å². The normalized spacial score (nSPS) is 10.4. The number of benzene rings is 1. The predicted octanol–water partition coefficient (Wildman–Crippen LogP) is 0.815. The Labute approximate surface area is 111 Å². The number of aryl methyl sites for hydroxylation is 2. The maximum atomic E-state index is 11.0. The van der Waals surface area contributed by atoms with E-state index in [0.717, 1.165) is 17.7 Å². The Bertz CT molecular complexity index is 575. The number of nitrogens with two attached hydrogens (primary N) is 2. The average Bonchev–Trinajstić information content (AvgIpc) is 2.78. The van der Waals surface area contributed by atoms with Crippen molar-refractivity contribution < 1.29 is 9.53 Å². The van der Waals surface area contributed by atoms with Crippen LogP contribution < -0.4 is 16.2 Å². The third-order valence-corrected chi connectivity index (χ3v) is 2.81. The van der Waals surface area contributed by atoms with Gasteiger partial charge in [0.2, 0.25) is 0 Å². The highest BCUT2D eigenvalue weighted by Crippen LogP contribution is 2.13. The summed E-state index contributed by atoms with van der Waals surface area (Å²) in [5.41, 5.74) is 12.4. The molecule has 19 heavy (non-hydrogen) atoms. The quantitative estimate of drug-likeness (QED) is 0.831. The molecular weight excluding hydrogens is 244 g/mol. The lowest BCUT2D eigenvalue weighted by atomic mass is 10.1. The molecule has 0 aliphatic heterocycles. The second kappa shape index (κ2) is 5.43. The van der Waals surface area contributed by atoms with Gasteiger partial charge in [-0.1, -0.05) is 12.1 Å². The Morgan fingerprint density at radius 2 is 2.05 bits per heavy atom. The smallest absolute Gasteiger partial charge is 0.271 e. The van der Waals surface area contributed by atoms with Gasteiger partial charge < -0.3 is 16.2 Å². The molecule has 100 valence electrons. The van der Waals surface area contributed by atoms with Crippen LogP contribution in [0.5, 0.6) is 5.75 Å². The summed E-state index contributed by atoms with van der Waals surface area (Å²) in [6, 6.07) is 7.78. The van der Waals surface area contributed by atoms with Crippen molar-refractivity contribution in [1.82, 2.24) is 9.78 Å². The average molecular weight is 260 g/mol. The van der Waals surface area contributed by atoms with Gasteiger partial charge in [0.25, 0.3) is 5.91 Å². The van der Waals surface area contributed by atoms with E-state index in [9.17, 15) is 4.79 Å². The van der Waals surface area contributed by atoms with E-state index >= 15 is 0 Å². The molecule has 0 radical (unpaired) electrons. The number of ether oxygens (including phenoxy) is 1. The van der Waals surface area contributed by atoms with Crippen LogP contribution in [0.2, 0.25) is 0 Å². The van der Waals surface area contributed by atoms with Crippen molar-refractivity contribution in [2.45, 2.75) is 13.0 Å². The minimum atomic E-state index is -0.610. The highest BCUT2D eigenvalue weighted by atomic mass is 16.5. The largest absolute Gasteiger partial charge is 0.497 e. The molecule has 0 fully saturated rings. The first kappa shape index (κ1) is 12.9. The number of nitrogen functional groups attached to an aromatic ring is 1. The molecule has 0 saturated heterocycles. The summed E-state index contributed by atoms with van der Waals surface area (Å²) in [5, 5.41) is 4.05. The van der Waals surface area contributed by atoms with Gasteiger partial charge in [-0.15, -0.1) is 0 Å². The van der Waals surface area contributed by atoms with Crippen LogP contribution in [0.1, 0.15) is 16.1 Å².